The number of ether oxygens (including phenoxy) is 1. The summed E-state index contributed by atoms with van der Waals surface area (Å²) >= 11 is 0. The van der Waals surface area contributed by atoms with E-state index in [0.717, 1.165) is 11.1 Å². The van der Waals surface area contributed by atoms with Gasteiger partial charge in [0.2, 0.25) is 11.7 Å². The molecule has 1 N–H and O–H groups in total. The highest BCUT2D eigenvalue weighted by Crippen LogP contribution is 2.26. The molecule has 0 aliphatic carbocycles. The molecular weight excluding hydrogens is 363 g/mol. The number of hydrogen-bond donors (Lipinski definition) is 1. The van der Waals surface area contributed by atoms with E-state index in [2.05, 4.69) is 15.5 Å². The van der Waals surface area contributed by atoms with Gasteiger partial charge in [0.05, 0.1) is 19.3 Å². The first kappa shape index (κ1) is 18.1. The summed E-state index contributed by atoms with van der Waals surface area (Å²) < 4.78 is 23.8. The third-order valence-electron chi connectivity index (χ3n) is 4.54. The van der Waals surface area contributed by atoms with Gasteiger partial charge in [-0.1, -0.05) is 29.4 Å². The van der Waals surface area contributed by atoms with E-state index in [1.54, 1.807) is 36.1 Å². The van der Waals surface area contributed by atoms with Crippen LogP contribution in [-0.2, 0) is 4.74 Å². The number of hydrogen-bond acceptors (Lipinski definition) is 5. The number of amides is 2. The molecule has 0 saturated carbocycles. The van der Waals surface area contributed by atoms with E-state index in [1.165, 1.54) is 12.1 Å². The van der Waals surface area contributed by atoms with Gasteiger partial charge >= 0.3 is 6.03 Å². The van der Waals surface area contributed by atoms with Crippen LogP contribution < -0.4 is 5.32 Å². The second-order valence-corrected chi connectivity index (χ2v) is 6.48. The number of carbonyl (C=O) groups is 1. The molecule has 1 fully saturated rings. The maximum Gasteiger partial charge on any atom is 0.322 e. The largest absolute Gasteiger partial charge is 0.377 e. The first-order valence-electron chi connectivity index (χ1n) is 8.92. The summed E-state index contributed by atoms with van der Waals surface area (Å²) in [6, 6.07) is 12.8. The fourth-order valence-electron chi connectivity index (χ4n) is 3.16. The molecule has 1 aromatic heterocycles. The second-order valence-electron chi connectivity index (χ2n) is 6.48. The van der Waals surface area contributed by atoms with Crippen molar-refractivity contribution < 1.29 is 18.4 Å². The van der Waals surface area contributed by atoms with Crippen LogP contribution in [0.15, 0.2) is 53.1 Å². The van der Waals surface area contributed by atoms with Crippen LogP contribution in [0.3, 0.4) is 0 Å². The Hall–Kier alpha value is -3.26. The minimum Gasteiger partial charge on any atom is -0.377 e. The van der Waals surface area contributed by atoms with Gasteiger partial charge in [0, 0.05) is 24.7 Å². The zero-order valence-electron chi connectivity index (χ0n) is 15.3. The fourth-order valence-corrected chi connectivity index (χ4v) is 3.16. The van der Waals surface area contributed by atoms with Gasteiger partial charge in [0.15, 0.2) is 0 Å². The van der Waals surface area contributed by atoms with Crippen molar-refractivity contribution in [3.05, 3.63) is 65.8 Å². The van der Waals surface area contributed by atoms with Crippen LogP contribution in [0.5, 0.6) is 0 Å². The van der Waals surface area contributed by atoms with Gasteiger partial charge in [0.25, 0.3) is 0 Å². The number of rotatable bonds is 3. The summed E-state index contributed by atoms with van der Waals surface area (Å²) in [5.74, 6) is 0.619. The first-order chi connectivity index (χ1) is 13.6. The lowest BCUT2D eigenvalue weighted by Crippen LogP contribution is -2.45. The Morgan fingerprint density at radius 3 is 2.82 bits per heavy atom. The average molecular weight is 382 g/mol. The highest BCUT2D eigenvalue weighted by molar-refractivity contribution is 5.90. The monoisotopic (exact) mass is 382 g/mol. The van der Waals surface area contributed by atoms with Crippen LogP contribution in [-0.4, -0.2) is 40.8 Å². The lowest BCUT2D eigenvalue weighted by atomic mass is 10.1. The number of morpholine rings is 1. The molecule has 2 aromatic carbocycles. The van der Waals surface area contributed by atoms with Gasteiger partial charge < -0.3 is 19.5 Å². The van der Waals surface area contributed by atoms with Gasteiger partial charge in [-0.3, -0.25) is 0 Å². The van der Waals surface area contributed by atoms with E-state index in [9.17, 15) is 9.18 Å². The summed E-state index contributed by atoms with van der Waals surface area (Å²) in [6.07, 6.45) is 0. The number of halogens is 1. The molecule has 144 valence electrons. The zero-order chi connectivity index (χ0) is 19.5. The van der Waals surface area contributed by atoms with E-state index >= 15 is 0 Å². The van der Waals surface area contributed by atoms with Crippen LogP contribution in [0, 0.1) is 12.7 Å². The summed E-state index contributed by atoms with van der Waals surface area (Å²) in [5.41, 5.74) is 2.19. The van der Waals surface area contributed by atoms with Crippen molar-refractivity contribution in [2.24, 2.45) is 0 Å². The Balaban J connectivity index is 1.52. The van der Waals surface area contributed by atoms with Crippen LogP contribution >= 0.6 is 0 Å². The first-order valence-corrected chi connectivity index (χ1v) is 8.92. The molecule has 1 saturated heterocycles. The van der Waals surface area contributed by atoms with Crippen LogP contribution in [0.2, 0.25) is 0 Å². The molecule has 4 rings (SSSR count). The predicted octanol–water partition coefficient (Wildman–Crippen LogP) is 3.79. The maximum absolute atomic E-state index is 13.2. The van der Waals surface area contributed by atoms with Crippen molar-refractivity contribution in [3.8, 4) is 11.4 Å². The number of nitrogens with zero attached hydrogens (tertiary/aromatic N) is 3. The van der Waals surface area contributed by atoms with Gasteiger partial charge in [-0.15, -0.1) is 0 Å². The van der Waals surface area contributed by atoms with E-state index in [4.69, 9.17) is 9.26 Å². The Labute approximate surface area is 161 Å². The van der Waals surface area contributed by atoms with E-state index in [0.29, 0.717) is 37.2 Å². The lowest BCUT2D eigenvalue weighted by molar-refractivity contribution is 0.0147. The van der Waals surface area contributed by atoms with Gasteiger partial charge in [-0.2, -0.15) is 4.98 Å². The van der Waals surface area contributed by atoms with Gasteiger partial charge in [-0.05, 0) is 29.8 Å². The molecule has 0 bridgehead atoms. The Morgan fingerprint density at radius 2 is 2.07 bits per heavy atom. The third-order valence-corrected chi connectivity index (χ3v) is 4.54. The molecular formula is C20H19FN4O3. The molecule has 8 heteroatoms. The highest BCUT2D eigenvalue weighted by Gasteiger charge is 2.28. The Bertz CT molecular complexity index is 974. The smallest absolute Gasteiger partial charge is 0.322 e. The standard InChI is InChI=1S/C20H19FN4O3/c1-13-22-19(24-28-13)15-3-2-4-17(11-15)23-20(26)25-9-10-27-12-18(25)14-5-7-16(21)8-6-14/h2-8,11,18H,9-10,12H2,1H3,(H,23,26). The van der Waals surface area contributed by atoms with E-state index in [1.807, 2.05) is 12.1 Å². The summed E-state index contributed by atoms with van der Waals surface area (Å²) in [6.45, 7) is 2.97. The molecule has 3 aromatic rings. The quantitative estimate of drug-likeness (QED) is 0.745. The molecule has 0 radical (unpaired) electrons. The Kier molecular flexibility index (Phi) is 5.03. The molecule has 7 nitrogen and oxygen atoms in total. The molecule has 2 amide bonds. The Morgan fingerprint density at radius 1 is 1.25 bits per heavy atom. The fraction of sp³-hybridized carbons (Fsp3) is 0.250. The lowest BCUT2D eigenvalue weighted by Gasteiger charge is -2.35. The van der Waals surface area contributed by atoms with Crippen LogP contribution in [0.4, 0.5) is 14.9 Å². The molecule has 1 unspecified atom stereocenters. The van der Waals surface area contributed by atoms with Gasteiger partial charge in [-0.25, -0.2) is 9.18 Å². The zero-order valence-corrected chi connectivity index (χ0v) is 15.3. The molecule has 1 atom stereocenters. The normalized spacial score (nSPS) is 16.8. The number of urea groups is 1. The number of aryl methyl sites for hydroxylation is 1. The van der Waals surface area contributed by atoms with Crippen molar-refractivity contribution in [2.75, 3.05) is 25.1 Å². The van der Waals surface area contributed by atoms with Crippen LogP contribution in [0.25, 0.3) is 11.4 Å². The molecule has 1 aliphatic rings. The van der Waals surface area contributed by atoms with Crippen molar-refractivity contribution in [1.29, 1.82) is 0 Å². The van der Waals surface area contributed by atoms with Crippen molar-refractivity contribution in [2.45, 2.75) is 13.0 Å². The van der Waals surface area contributed by atoms with Crippen molar-refractivity contribution in [1.82, 2.24) is 15.0 Å². The topological polar surface area (TPSA) is 80.5 Å². The third kappa shape index (κ3) is 3.86. The number of benzene rings is 2. The summed E-state index contributed by atoms with van der Waals surface area (Å²) in [7, 11) is 0. The number of nitrogens with one attached hydrogen (secondary N) is 1. The summed E-state index contributed by atoms with van der Waals surface area (Å²) in [4.78, 5) is 18.8. The number of carbonyl (C=O) groups excluding carboxylic acids is 1. The molecule has 28 heavy (non-hydrogen) atoms. The van der Waals surface area contributed by atoms with Crippen molar-refractivity contribution >= 4 is 11.7 Å². The second kappa shape index (κ2) is 7.77. The highest BCUT2D eigenvalue weighted by atomic mass is 19.1. The molecule has 0 spiro atoms. The van der Waals surface area contributed by atoms with Gasteiger partial charge in [0.1, 0.15) is 5.82 Å². The summed E-state index contributed by atoms with van der Waals surface area (Å²) in [5, 5.41) is 6.81. The molecule has 2 heterocycles. The molecule has 1 aliphatic heterocycles. The average Bonchev–Trinajstić information content (AvgIpc) is 3.15. The maximum atomic E-state index is 13.2. The predicted molar refractivity (Wildman–Crippen MR) is 100 cm³/mol. The minimum absolute atomic E-state index is 0.251. The van der Waals surface area contributed by atoms with Crippen molar-refractivity contribution in [3.63, 3.8) is 0 Å². The SMILES string of the molecule is Cc1nc(-c2cccc(NC(=O)N3CCOCC3c3ccc(F)cc3)c2)no1. The number of anilines is 1. The van der Waals surface area contributed by atoms with E-state index < -0.39 is 0 Å². The van der Waals surface area contributed by atoms with E-state index in [-0.39, 0.29) is 17.9 Å². The minimum atomic E-state index is -0.315. The van der Waals surface area contributed by atoms with Crippen LogP contribution in [0.1, 0.15) is 17.5 Å². The number of aromatic nitrogens is 2.